The molecule has 0 amide bonds. The number of alkyl halides is 3. The first kappa shape index (κ1) is 28.8. The van der Waals surface area contributed by atoms with Gasteiger partial charge < -0.3 is 24.3 Å². The van der Waals surface area contributed by atoms with E-state index in [1.807, 2.05) is 96.1 Å². The zero-order chi connectivity index (χ0) is 28.5. The lowest BCUT2D eigenvalue weighted by atomic mass is 9.97. The van der Waals surface area contributed by atoms with Crippen LogP contribution in [0.25, 0.3) is 0 Å². The summed E-state index contributed by atoms with van der Waals surface area (Å²) in [6.07, 6.45) is -6.21. The van der Waals surface area contributed by atoms with Crippen LogP contribution >= 0.6 is 0 Å². The number of H-pyrrole nitrogens is 1. The quantitative estimate of drug-likeness (QED) is 0.219. The topological polar surface area (TPSA) is 77.6 Å². The van der Waals surface area contributed by atoms with Crippen LogP contribution in [0, 0.1) is 0 Å². The molecule has 3 aromatic carbocycles. The van der Waals surface area contributed by atoms with Crippen LogP contribution in [0.1, 0.15) is 22.4 Å². The van der Waals surface area contributed by atoms with Crippen LogP contribution < -0.4 is 5.32 Å². The van der Waals surface area contributed by atoms with Crippen molar-refractivity contribution in [2.45, 2.75) is 50.4 Å². The highest BCUT2D eigenvalue weighted by Crippen LogP contribution is 2.31. The van der Waals surface area contributed by atoms with E-state index in [2.05, 4.69) is 10.4 Å². The third-order valence-corrected chi connectivity index (χ3v) is 6.76. The van der Waals surface area contributed by atoms with E-state index in [9.17, 15) is 13.2 Å². The van der Waals surface area contributed by atoms with Gasteiger partial charge in [0.15, 0.2) is 0 Å². The number of aromatic nitrogens is 2. The van der Waals surface area contributed by atoms with E-state index in [0.29, 0.717) is 13.2 Å². The summed E-state index contributed by atoms with van der Waals surface area (Å²) in [6.45, 7) is 1.37. The molecule has 0 radical (unpaired) electrons. The highest BCUT2D eigenvalue weighted by atomic mass is 19.4. The van der Waals surface area contributed by atoms with Gasteiger partial charge in [0.05, 0.1) is 39.1 Å². The van der Waals surface area contributed by atoms with Crippen molar-refractivity contribution < 1.29 is 32.1 Å². The molecule has 0 saturated carbocycles. The van der Waals surface area contributed by atoms with Gasteiger partial charge in [0.1, 0.15) is 29.8 Å². The standard InChI is InChI=1S/C31H32F3N3O4/c32-31(33,34)27-16-28(37-36-27)35-25-20-39-26(21-38-17-22-10-4-1-5-11-22)30(41-19-24-14-8-3-9-15-24)29(25)40-18-23-12-6-2-7-13-23/h1-16,25-26,29-30H,17-21H2,(H2,35,36,37)/t25-,26+,29+,30-/m0/s1. The van der Waals surface area contributed by atoms with Crippen LogP contribution in [0.2, 0.25) is 0 Å². The van der Waals surface area contributed by atoms with Crippen molar-refractivity contribution >= 4 is 5.82 Å². The fraction of sp³-hybridized carbons (Fsp3) is 0.323. The molecule has 0 bridgehead atoms. The molecule has 2 heterocycles. The van der Waals surface area contributed by atoms with Crippen molar-refractivity contribution in [3.05, 3.63) is 119 Å². The van der Waals surface area contributed by atoms with Gasteiger partial charge in [-0.3, -0.25) is 5.10 Å². The number of hydrogen-bond acceptors (Lipinski definition) is 6. The van der Waals surface area contributed by atoms with E-state index in [1.165, 1.54) is 0 Å². The largest absolute Gasteiger partial charge is 0.432 e. The van der Waals surface area contributed by atoms with Gasteiger partial charge in [0.25, 0.3) is 0 Å². The lowest BCUT2D eigenvalue weighted by molar-refractivity contribution is -0.201. The molecule has 216 valence electrons. The van der Waals surface area contributed by atoms with E-state index in [1.54, 1.807) is 0 Å². The molecule has 5 rings (SSSR count). The van der Waals surface area contributed by atoms with Crippen LogP contribution in [0.5, 0.6) is 0 Å². The number of hydrogen-bond donors (Lipinski definition) is 2. The predicted molar refractivity (Wildman–Crippen MR) is 147 cm³/mol. The zero-order valence-electron chi connectivity index (χ0n) is 22.3. The first-order valence-electron chi connectivity index (χ1n) is 13.4. The fourth-order valence-corrected chi connectivity index (χ4v) is 4.67. The molecular formula is C31H32F3N3O4. The number of halogens is 3. The average molecular weight is 568 g/mol. The Hall–Kier alpha value is -3.70. The molecule has 2 N–H and O–H groups in total. The van der Waals surface area contributed by atoms with E-state index in [-0.39, 0.29) is 25.6 Å². The zero-order valence-corrected chi connectivity index (χ0v) is 22.3. The van der Waals surface area contributed by atoms with Gasteiger partial charge in [0.2, 0.25) is 0 Å². The molecule has 1 aliphatic rings. The maximum atomic E-state index is 13.2. The number of nitrogens with one attached hydrogen (secondary N) is 2. The Balaban J connectivity index is 1.36. The number of benzene rings is 3. The van der Waals surface area contributed by atoms with Crippen LogP contribution in [0.3, 0.4) is 0 Å². The third-order valence-electron chi connectivity index (χ3n) is 6.76. The fourth-order valence-electron chi connectivity index (χ4n) is 4.67. The molecule has 1 aromatic heterocycles. The second kappa shape index (κ2) is 13.8. The average Bonchev–Trinajstić information content (AvgIpc) is 3.47. The Bertz CT molecular complexity index is 1320. The minimum Gasteiger partial charge on any atom is -0.374 e. The molecule has 1 fully saturated rings. The maximum Gasteiger partial charge on any atom is 0.432 e. The summed E-state index contributed by atoms with van der Waals surface area (Å²) in [6, 6.07) is 29.6. The minimum absolute atomic E-state index is 0.0415. The number of rotatable bonds is 12. The Morgan fingerprint density at radius 1 is 0.780 bits per heavy atom. The summed E-state index contributed by atoms with van der Waals surface area (Å²) in [7, 11) is 0. The van der Waals surface area contributed by atoms with E-state index < -0.39 is 36.2 Å². The molecule has 0 spiro atoms. The highest BCUT2D eigenvalue weighted by Gasteiger charge is 2.43. The molecule has 41 heavy (non-hydrogen) atoms. The Morgan fingerprint density at radius 3 is 1.85 bits per heavy atom. The molecule has 4 atom stereocenters. The normalized spacial score (nSPS) is 21.0. The molecule has 0 unspecified atom stereocenters. The van der Waals surface area contributed by atoms with Crippen molar-refractivity contribution in [2.75, 3.05) is 18.5 Å². The highest BCUT2D eigenvalue weighted by molar-refractivity contribution is 5.38. The van der Waals surface area contributed by atoms with Crippen LogP contribution in [0.15, 0.2) is 97.1 Å². The van der Waals surface area contributed by atoms with Crippen LogP contribution in [-0.2, 0) is 44.9 Å². The smallest absolute Gasteiger partial charge is 0.374 e. The summed E-state index contributed by atoms with van der Waals surface area (Å²) in [4.78, 5) is 0. The van der Waals surface area contributed by atoms with Crippen molar-refractivity contribution in [3.63, 3.8) is 0 Å². The van der Waals surface area contributed by atoms with Crippen molar-refractivity contribution in [3.8, 4) is 0 Å². The summed E-state index contributed by atoms with van der Waals surface area (Å²) in [5.74, 6) is 0.0415. The summed E-state index contributed by atoms with van der Waals surface area (Å²) < 4.78 is 64.7. The molecule has 1 aliphatic heterocycles. The number of aromatic amines is 1. The lowest BCUT2D eigenvalue weighted by Crippen LogP contribution is -2.58. The van der Waals surface area contributed by atoms with Gasteiger partial charge >= 0.3 is 6.18 Å². The van der Waals surface area contributed by atoms with E-state index in [0.717, 1.165) is 22.8 Å². The van der Waals surface area contributed by atoms with Gasteiger partial charge in [-0.1, -0.05) is 91.0 Å². The lowest BCUT2D eigenvalue weighted by Gasteiger charge is -2.42. The minimum atomic E-state index is -4.54. The van der Waals surface area contributed by atoms with Gasteiger partial charge in [-0.15, -0.1) is 0 Å². The van der Waals surface area contributed by atoms with Crippen molar-refractivity contribution in [1.82, 2.24) is 10.2 Å². The monoisotopic (exact) mass is 567 g/mol. The molecule has 10 heteroatoms. The predicted octanol–water partition coefficient (Wildman–Crippen LogP) is 6.00. The van der Waals surface area contributed by atoms with Gasteiger partial charge in [0, 0.05) is 6.07 Å². The molecule has 4 aromatic rings. The SMILES string of the molecule is FC(F)(F)c1cc(N[C@H]2CO[C@H](COCc3ccccc3)[C@H](OCc3ccccc3)[C@@H]2OCc2ccccc2)n[nH]1. The summed E-state index contributed by atoms with van der Waals surface area (Å²) in [5, 5.41) is 8.94. The Morgan fingerprint density at radius 2 is 1.32 bits per heavy atom. The Labute approximate surface area is 236 Å². The second-order valence-electron chi connectivity index (χ2n) is 9.81. The van der Waals surface area contributed by atoms with Crippen LogP contribution in [-0.4, -0.2) is 47.8 Å². The summed E-state index contributed by atoms with van der Waals surface area (Å²) >= 11 is 0. The van der Waals surface area contributed by atoms with E-state index >= 15 is 0 Å². The second-order valence-corrected chi connectivity index (χ2v) is 9.81. The number of anilines is 1. The molecule has 7 nitrogen and oxygen atoms in total. The summed E-state index contributed by atoms with van der Waals surface area (Å²) in [5.41, 5.74) is 2.01. The van der Waals surface area contributed by atoms with Gasteiger partial charge in [-0.05, 0) is 16.7 Å². The van der Waals surface area contributed by atoms with Crippen LogP contribution in [0.4, 0.5) is 19.0 Å². The molecular weight excluding hydrogens is 535 g/mol. The van der Waals surface area contributed by atoms with Gasteiger partial charge in [-0.2, -0.15) is 18.3 Å². The Kier molecular flexibility index (Phi) is 9.68. The first-order valence-corrected chi connectivity index (χ1v) is 13.4. The third kappa shape index (κ3) is 8.17. The first-order chi connectivity index (χ1) is 20.0. The number of ether oxygens (including phenoxy) is 4. The molecule has 1 saturated heterocycles. The number of nitrogens with zero attached hydrogens (tertiary/aromatic N) is 1. The van der Waals surface area contributed by atoms with Gasteiger partial charge in [-0.25, -0.2) is 0 Å². The molecule has 0 aliphatic carbocycles. The maximum absolute atomic E-state index is 13.2. The van der Waals surface area contributed by atoms with Crippen molar-refractivity contribution in [1.29, 1.82) is 0 Å². The van der Waals surface area contributed by atoms with E-state index in [4.69, 9.17) is 18.9 Å². The van der Waals surface area contributed by atoms with Crippen molar-refractivity contribution in [2.24, 2.45) is 0 Å².